The zero-order valence-electron chi connectivity index (χ0n) is 79.8. The fourth-order valence-corrected chi connectivity index (χ4v) is 36.0. The summed E-state index contributed by atoms with van der Waals surface area (Å²) in [7, 11) is 0. The third kappa shape index (κ3) is 17.3. The van der Waals surface area contributed by atoms with Gasteiger partial charge in [-0.3, -0.25) is 0 Å². The zero-order chi connectivity index (χ0) is 89.0. The fourth-order valence-electron chi connectivity index (χ4n) is 35.4. The van der Waals surface area contributed by atoms with Crippen molar-refractivity contribution in [1.29, 1.82) is 0 Å². The average Bonchev–Trinajstić information content (AvgIpc) is 1.51. The molecule has 126 heavy (non-hydrogen) atoms. The second-order valence-corrected chi connectivity index (χ2v) is 49.6. The molecule has 8 nitrogen and oxygen atoms in total. The van der Waals surface area contributed by atoms with Crippen molar-refractivity contribution < 1.29 is 45.2 Å². The van der Waals surface area contributed by atoms with Crippen LogP contribution in [-0.4, -0.2) is 87.7 Å². The van der Waals surface area contributed by atoms with Crippen LogP contribution in [0.5, 0.6) is 0 Å². The van der Waals surface area contributed by atoms with Gasteiger partial charge in [-0.15, -0.1) is 11.3 Å². The van der Waals surface area contributed by atoms with Gasteiger partial charge in [-0.2, -0.15) is 0 Å². The van der Waals surface area contributed by atoms with E-state index in [1.165, 1.54) is 132 Å². The van der Waals surface area contributed by atoms with Crippen molar-refractivity contribution in [2.45, 2.75) is 387 Å². The Morgan fingerprint density at radius 2 is 0.675 bits per heavy atom. The second kappa shape index (κ2) is 36.0. The fraction of sp³-hybridized carbons (Fsp3) is 0.724. The van der Waals surface area contributed by atoms with E-state index in [0.29, 0.717) is 71.2 Å². The smallest absolute Gasteiger partial charge is 0.126 e. The Bertz CT molecular complexity index is 4620. The summed E-state index contributed by atoms with van der Waals surface area (Å²) in [6.45, 7) is 28.3. The van der Waals surface area contributed by atoms with Crippen molar-refractivity contribution in [3.8, 4) is 11.8 Å². The highest BCUT2D eigenvalue weighted by Crippen LogP contribution is 2.74. The molecule has 690 valence electrons. The maximum absolute atomic E-state index is 14.2. The molecule has 12 saturated carbocycles. The molecule has 16 aliphatic carbocycles. The van der Waals surface area contributed by atoms with E-state index >= 15 is 0 Å². The largest absolute Gasteiger partial charge is 0.393 e. The van der Waals surface area contributed by atoms with Crippen molar-refractivity contribution in [3.05, 3.63) is 176 Å². The van der Waals surface area contributed by atoms with E-state index in [0.717, 1.165) is 187 Å². The summed E-state index contributed by atoms with van der Waals surface area (Å²) < 4.78 is 14.2. The summed E-state index contributed by atoms with van der Waals surface area (Å²) >= 11 is 1.67. The topological polar surface area (TPSA) is 162 Å². The Kier molecular flexibility index (Phi) is 26.7. The molecule has 0 saturated heterocycles. The summed E-state index contributed by atoms with van der Waals surface area (Å²) in [5.41, 5.74) is 9.02. The van der Waals surface area contributed by atoms with Gasteiger partial charge >= 0.3 is 0 Å². The van der Waals surface area contributed by atoms with Crippen LogP contribution in [0.3, 0.4) is 0 Å². The Morgan fingerprint density at radius 1 is 0.349 bits per heavy atom. The van der Waals surface area contributed by atoms with Crippen LogP contribution in [0.15, 0.2) is 149 Å². The molecule has 0 spiro atoms. The number of aliphatic hydroxyl groups is 8. The van der Waals surface area contributed by atoms with Crippen LogP contribution in [0.25, 0.3) is 0 Å². The number of hydrogen-bond acceptors (Lipinski definition) is 9. The van der Waals surface area contributed by atoms with Gasteiger partial charge in [0.25, 0.3) is 0 Å². The van der Waals surface area contributed by atoms with Gasteiger partial charge in [0.15, 0.2) is 0 Å². The quantitative estimate of drug-likeness (QED) is 0.0431. The molecule has 8 N–H and O–H groups in total. The van der Waals surface area contributed by atoms with Gasteiger partial charge in [0.05, 0.1) is 51.7 Å². The van der Waals surface area contributed by atoms with Crippen molar-refractivity contribution in [1.82, 2.24) is 0 Å². The van der Waals surface area contributed by atoms with Gasteiger partial charge in [-0.05, 0) is 450 Å². The van der Waals surface area contributed by atoms with Crippen LogP contribution in [0, 0.1) is 156 Å². The average molecular weight is 1740 g/mol. The first kappa shape index (κ1) is 93.3. The zero-order valence-corrected chi connectivity index (χ0v) is 80.6. The molecule has 1 aromatic heterocycles. The number of thiophene rings is 1. The van der Waals surface area contributed by atoms with Crippen LogP contribution in [0.4, 0.5) is 4.39 Å². The molecule has 1 heterocycles. The standard InChI is InChI=1S/C30H44O2.C29H41FO2.C29H42O2.C28H38O2S/c1-28-18-15-23(31)20-22(28)11-12-24-25-13-14-27(29(25,2)19-16-26(24)28)30(3,32)17-7-10-21-8-5-4-6-9-21;1-27-15-13-21(31)18-20(27)8-9-22-23-10-11-26(28(23,2)16-14-24(22)27)29(3,32)17-12-19-6-4-5-7-25(19)30;1-27-16-14-22(30)19-21(27)9-10-23-24-11-12-26(28(24,2)17-15-25(23)27)29(3,31)18-13-20-7-5-4-6-8-20;1-26-15-12-20(29)18-19(26)8-9-22-23-10-11-25(27(23,2)16-13-24(22)26)28(3,30)14-4-6-21-7-5-17-31-21/h4-6,8-9,11,23-27,31-32H,7,10,12-20H2,1-3H3;4-8,21-24,26,31-32H,9-18H2,1-3H3;4-9,22-26,30-31H,10-19H2,1-3H3;5,7-8,17,20,22-25,29-30H,9-16,18H2,1-3H3/t23-,24?,25?,26?,27?,28-,29-,30-;21-,22-,23-,24-,26-,27-,28-,29-;22-,23-,24-,25-,26-,27-,28-,29-;20-,22-,23-,24-,25-,26-,27-,28-/m0000/s1. The number of rotatable bonds is 15. The highest BCUT2D eigenvalue weighted by atomic mass is 32.1. The summed E-state index contributed by atoms with van der Waals surface area (Å²) in [5, 5.41) is 89.7. The van der Waals surface area contributed by atoms with Crippen molar-refractivity contribution in [2.24, 2.45) is 138 Å². The molecule has 0 amide bonds. The lowest BCUT2D eigenvalue weighted by Gasteiger charge is -2.59. The predicted octanol–water partition coefficient (Wildman–Crippen LogP) is 25.6. The van der Waals surface area contributed by atoms with Gasteiger partial charge in [0.2, 0.25) is 0 Å². The van der Waals surface area contributed by atoms with E-state index in [2.05, 4.69) is 177 Å². The molecule has 20 rings (SSSR count). The Labute approximate surface area is 764 Å². The highest BCUT2D eigenvalue weighted by molar-refractivity contribution is 7.10. The lowest BCUT2D eigenvalue weighted by Crippen LogP contribution is -2.53. The molecular weight excluding hydrogens is 1570 g/mol. The van der Waals surface area contributed by atoms with Crippen LogP contribution in [-0.2, 0) is 19.3 Å². The Hall–Kier alpha value is -4.51. The number of aliphatic hydroxyl groups excluding tert-OH is 4. The first-order valence-corrected chi connectivity index (χ1v) is 52.5. The first-order chi connectivity index (χ1) is 59.9. The molecule has 10 heteroatoms. The SMILES string of the molecule is C[C@]12CCC3C(CC=C4C[C@@H](O)CC[C@@]43C)C1CCC2[C@@](C)(O)CCCc1ccccc1.C[C@]12CC[C@H]3[C@@H](CC=C4C[C@@H](O)CC[C@@]43C)[C@@H]1CC[C@@H]2[C@@](C)(O)CC#Cc1cccs1.C[C@]12CC[C@H]3[C@@H](CC=C4C[C@@H](O)CC[C@@]43C)[C@@H]1CC[C@@H]2[C@@](C)(O)CCc1ccccc1.C[C@]12CC[C@H]3[C@@H](CC=C4C[C@@H](O)CC[C@@]43C)[C@@H]1CC[C@@H]2[C@@](C)(O)CCc1ccccc1F. The molecule has 4 aromatic rings. The van der Waals surface area contributed by atoms with Gasteiger partial charge in [0.1, 0.15) is 5.82 Å². The first-order valence-electron chi connectivity index (χ1n) is 51.6. The normalized spacial score (nSPS) is 43.3. The third-order valence-corrected chi connectivity index (χ3v) is 42.9. The highest BCUT2D eigenvalue weighted by Gasteiger charge is 2.67. The maximum Gasteiger partial charge on any atom is 0.126 e. The number of halogens is 1. The Balaban J connectivity index is 0.000000119. The van der Waals surface area contributed by atoms with Crippen molar-refractivity contribution in [3.63, 3.8) is 0 Å². The molecule has 0 aliphatic heterocycles. The molecule has 0 bridgehead atoms. The molecule has 0 radical (unpaired) electrons. The van der Waals surface area contributed by atoms with Crippen molar-refractivity contribution in [2.75, 3.05) is 0 Å². The minimum absolute atomic E-state index is 0.124. The Morgan fingerprint density at radius 3 is 1.02 bits per heavy atom. The van der Waals surface area contributed by atoms with E-state index in [-0.39, 0.29) is 68.6 Å². The molecule has 3 aromatic carbocycles. The monoisotopic (exact) mass is 1740 g/mol. The van der Waals surface area contributed by atoms with Gasteiger partial charge in [0, 0.05) is 6.42 Å². The number of hydrogen-bond donors (Lipinski definition) is 8. The molecular formula is C116H165FO8S. The number of benzene rings is 3. The summed E-state index contributed by atoms with van der Waals surface area (Å²) in [4.78, 5) is 1.09. The molecule has 4 unspecified atom stereocenters. The van der Waals surface area contributed by atoms with E-state index in [9.17, 15) is 45.2 Å². The van der Waals surface area contributed by atoms with Gasteiger partial charge < -0.3 is 40.9 Å². The molecule has 32 atom stereocenters. The summed E-state index contributed by atoms with van der Waals surface area (Å²) in [6.07, 6.45) is 52.5. The number of fused-ring (bicyclic) bond motifs is 20. The third-order valence-electron chi connectivity index (χ3n) is 42.1. The van der Waals surface area contributed by atoms with Crippen LogP contribution in [0.1, 0.15) is 342 Å². The summed E-state index contributed by atoms with van der Waals surface area (Å²) in [5.74, 6) is 16.6. The van der Waals surface area contributed by atoms with E-state index < -0.39 is 22.4 Å². The van der Waals surface area contributed by atoms with E-state index in [1.54, 1.807) is 34.1 Å². The minimum Gasteiger partial charge on any atom is -0.393 e. The van der Waals surface area contributed by atoms with Crippen molar-refractivity contribution >= 4 is 11.3 Å². The predicted molar refractivity (Wildman–Crippen MR) is 512 cm³/mol. The van der Waals surface area contributed by atoms with Gasteiger partial charge in [-0.1, -0.05) is 199 Å². The van der Waals surface area contributed by atoms with Gasteiger partial charge in [-0.25, -0.2) is 4.39 Å². The lowest BCUT2D eigenvalue weighted by molar-refractivity contribution is -0.105. The van der Waals surface area contributed by atoms with Crippen LogP contribution in [0.2, 0.25) is 0 Å². The van der Waals surface area contributed by atoms with Crippen LogP contribution < -0.4 is 0 Å². The second-order valence-electron chi connectivity index (χ2n) is 48.6. The minimum atomic E-state index is -0.771. The molecule has 16 aliphatic rings. The lowest BCUT2D eigenvalue weighted by atomic mass is 9.46. The maximum atomic E-state index is 14.2. The van der Waals surface area contributed by atoms with E-state index in [1.807, 2.05) is 32.0 Å². The van der Waals surface area contributed by atoms with E-state index in [4.69, 9.17) is 0 Å². The molecule has 12 fully saturated rings. The number of aryl methyl sites for hydroxylation is 3. The summed E-state index contributed by atoms with van der Waals surface area (Å²) in [6, 6.07) is 32.5. The number of allylic oxidation sites excluding steroid dienone is 4. The van der Waals surface area contributed by atoms with Crippen LogP contribution >= 0.6 is 11.3 Å².